The Hall–Kier alpha value is -2.47. The van der Waals surface area contributed by atoms with Gasteiger partial charge in [0.05, 0.1) is 6.20 Å². The van der Waals surface area contributed by atoms with E-state index in [1.807, 2.05) is 55.5 Å². The zero-order valence-corrected chi connectivity index (χ0v) is 13.5. The van der Waals surface area contributed by atoms with Gasteiger partial charge in [0.25, 0.3) is 0 Å². The largest absolute Gasteiger partial charge is 0.339 e. The summed E-state index contributed by atoms with van der Waals surface area (Å²) in [5.41, 5.74) is 3.02. The van der Waals surface area contributed by atoms with Crippen molar-refractivity contribution in [1.82, 2.24) is 15.2 Å². The lowest BCUT2D eigenvalue weighted by molar-refractivity contribution is 0.982. The second-order valence-electron chi connectivity index (χ2n) is 4.74. The van der Waals surface area contributed by atoms with Gasteiger partial charge in [-0.3, -0.25) is 0 Å². The Balaban J connectivity index is 1.78. The molecule has 0 aliphatic heterocycles. The molecule has 0 amide bonds. The molecule has 0 spiro atoms. The van der Waals surface area contributed by atoms with Crippen LogP contribution in [0.3, 0.4) is 0 Å². The summed E-state index contributed by atoms with van der Waals surface area (Å²) in [6, 6.07) is 15.8. The first-order valence-electron chi connectivity index (χ1n) is 6.76. The smallest absolute Gasteiger partial charge is 0.249 e. The molecule has 0 saturated heterocycles. The first-order chi connectivity index (χ1) is 10.7. The summed E-state index contributed by atoms with van der Waals surface area (Å²) in [6.45, 7) is 2.03. The van der Waals surface area contributed by atoms with Crippen molar-refractivity contribution in [2.45, 2.75) is 6.92 Å². The number of nitrogens with zero attached hydrogens (tertiary/aromatic N) is 3. The van der Waals surface area contributed by atoms with Gasteiger partial charge < -0.3 is 10.6 Å². The Morgan fingerprint density at radius 2 is 1.73 bits per heavy atom. The van der Waals surface area contributed by atoms with Gasteiger partial charge in [0.15, 0.2) is 5.82 Å². The van der Waals surface area contributed by atoms with Crippen LogP contribution < -0.4 is 10.6 Å². The van der Waals surface area contributed by atoms with Gasteiger partial charge in [-0.25, -0.2) is 0 Å². The van der Waals surface area contributed by atoms with Gasteiger partial charge in [-0.05, 0) is 42.8 Å². The van der Waals surface area contributed by atoms with Crippen LogP contribution in [-0.2, 0) is 0 Å². The maximum atomic E-state index is 4.42. The second kappa shape index (κ2) is 6.53. The van der Waals surface area contributed by atoms with Crippen molar-refractivity contribution < 1.29 is 0 Å². The van der Waals surface area contributed by atoms with Crippen molar-refractivity contribution in [3.63, 3.8) is 0 Å². The predicted molar refractivity (Wildman–Crippen MR) is 91.7 cm³/mol. The minimum absolute atomic E-state index is 0.455. The molecule has 5 nitrogen and oxygen atoms in total. The number of benzene rings is 2. The Labute approximate surface area is 137 Å². The molecule has 1 heterocycles. The Morgan fingerprint density at radius 3 is 2.50 bits per heavy atom. The fourth-order valence-corrected chi connectivity index (χ4v) is 2.20. The normalized spacial score (nSPS) is 10.3. The van der Waals surface area contributed by atoms with E-state index in [4.69, 9.17) is 0 Å². The van der Waals surface area contributed by atoms with E-state index in [1.54, 1.807) is 6.20 Å². The van der Waals surface area contributed by atoms with Crippen LogP contribution >= 0.6 is 15.9 Å². The number of aromatic nitrogens is 3. The summed E-state index contributed by atoms with van der Waals surface area (Å²) in [5.74, 6) is 1.09. The van der Waals surface area contributed by atoms with Crippen LogP contribution in [0, 0.1) is 6.92 Å². The fourth-order valence-electron chi connectivity index (χ4n) is 1.93. The molecule has 0 radical (unpaired) electrons. The van der Waals surface area contributed by atoms with Gasteiger partial charge in [-0.2, -0.15) is 10.1 Å². The lowest BCUT2D eigenvalue weighted by atomic mass is 10.2. The van der Waals surface area contributed by atoms with E-state index in [-0.39, 0.29) is 0 Å². The van der Waals surface area contributed by atoms with E-state index in [0.29, 0.717) is 11.8 Å². The zero-order chi connectivity index (χ0) is 15.4. The number of anilines is 4. The third kappa shape index (κ3) is 3.59. The predicted octanol–water partition coefficient (Wildman–Crippen LogP) is 4.43. The monoisotopic (exact) mass is 355 g/mol. The SMILES string of the molecule is Cc1ccccc1Nc1nncc(Nc2ccc(Br)cc2)n1. The van der Waals surface area contributed by atoms with Gasteiger partial charge in [-0.1, -0.05) is 34.1 Å². The first-order valence-corrected chi connectivity index (χ1v) is 7.55. The molecule has 0 bridgehead atoms. The molecular formula is C16H14BrN5. The summed E-state index contributed by atoms with van der Waals surface area (Å²) >= 11 is 3.41. The van der Waals surface area contributed by atoms with E-state index < -0.39 is 0 Å². The van der Waals surface area contributed by atoms with Crippen LogP contribution in [0.15, 0.2) is 59.2 Å². The Morgan fingerprint density at radius 1 is 0.955 bits per heavy atom. The number of aryl methyl sites for hydroxylation is 1. The maximum absolute atomic E-state index is 4.42. The van der Waals surface area contributed by atoms with Crippen molar-refractivity contribution in [2.24, 2.45) is 0 Å². The van der Waals surface area contributed by atoms with Crippen molar-refractivity contribution in [3.8, 4) is 0 Å². The number of hydrogen-bond acceptors (Lipinski definition) is 5. The highest BCUT2D eigenvalue weighted by Gasteiger charge is 2.03. The van der Waals surface area contributed by atoms with E-state index >= 15 is 0 Å². The molecule has 0 unspecified atom stereocenters. The highest BCUT2D eigenvalue weighted by molar-refractivity contribution is 9.10. The highest BCUT2D eigenvalue weighted by atomic mass is 79.9. The Kier molecular flexibility index (Phi) is 4.29. The van der Waals surface area contributed by atoms with E-state index in [2.05, 4.69) is 41.7 Å². The van der Waals surface area contributed by atoms with Crippen LogP contribution in [0.25, 0.3) is 0 Å². The third-order valence-electron chi connectivity index (χ3n) is 3.07. The summed E-state index contributed by atoms with van der Waals surface area (Å²) in [4.78, 5) is 4.42. The number of halogens is 1. The molecule has 1 aromatic heterocycles. The molecule has 6 heteroatoms. The summed E-state index contributed by atoms with van der Waals surface area (Å²) in [7, 11) is 0. The van der Waals surface area contributed by atoms with Crippen LogP contribution in [0.1, 0.15) is 5.56 Å². The quantitative estimate of drug-likeness (QED) is 0.724. The lowest BCUT2D eigenvalue weighted by Gasteiger charge is -2.09. The minimum atomic E-state index is 0.455. The van der Waals surface area contributed by atoms with Crippen molar-refractivity contribution in [3.05, 3.63) is 64.8 Å². The number of rotatable bonds is 4. The number of hydrogen-bond donors (Lipinski definition) is 2. The highest BCUT2D eigenvalue weighted by Crippen LogP contribution is 2.20. The molecule has 0 atom stereocenters. The summed E-state index contributed by atoms with van der Waals surface area (Å²) in [6.07, 6.45) is 1.59. The molecular weight excluding hydrogens is 342 g/mol. The summed E-state index contributed by atoms with van der Waals surface area (Å²) in [5, 5.41) is 14.4. The van der Waals surface area contributed by atoms with Gasteiger partial charge in [0.2, 0.25) is 5.95 Å². The van der Waals surface area contributed by atoms with Crippen molar-refractivity contribution in [2.75, 3.05) is 10.6 Å². The molecule has 22 heavy (non-hydrogen) atoms. The minimum Gasteiger partial charge on any atom is -0.339 e. The molecule has 3 aromatic rings. The zero-order valence-electron chi connectivity index (χ0n) is 11.9. The molecule has 3 rings (SSSR count). The molecule has 0 aliphatic carbocycles. The third-order valence-corrected chi connectivity index (χ3v) is 3.60. The fraction of sp³-hybridized carbons (Fsp3) is 0.0625. The average Bonchev–Trinajstić information content (AvgIpc) is 2.52. The topological polar surface area (TPSA) is 62.7 Å². The molecule has 2 N–H and O–H groups in total. The van der Waals surface area contributed by atoms with Crippen LogP contribution in [0.5, 0.6) is 0 Å². The summed E-state index contributed by atoms with van der Waals surface area (Å²) < 4.78 is 1.03. The molecule has 2 aromatic carbocycles. The van der Waals surface area contributed by atoms with E-state index in [0.717, 1.165) is 21.4 Å². The van der Waals surface area contributed by atoms with Gasteiger partial charge in [0.1, 0.15) is 0 Å². The maximum Gasteiger partial charge on any atom is 0.249 e. The van der Waals surface area contributed by atoms with E-state index in [1.165, 1.54) is 0 Å². The van der Waals surface area contributed by atoms with Crippen molar-refractivity contribution in [1.29, 1.82) is 0 Å². The lowest BCUT2D eigenvalue weighted by Crippen LogP contribution is -2.03. The van der Waals surface area contributed by atoms with Gasteiger partial charge >= 0.3 is 0 Å². The average molecular weight is 356 g/mol. The van der Waals surface area contributed by atoms with E-state index in [9.17, 15) is 0 Å². The second-order valence-corrected chi connectivity index (χ2v) is 5.65. The number of para-hydroxylation sites is 1. The van der Waals surface area contributed by atoms with Crippen LogP contribution in [-0.4, -0.2) is 15.2 Å². The molecule has 0 fully saturated rings. The number of nitrogens with one attached hydrogen (secondary N) is 2. The van der Waals surface area contributed by atoms with Crippen LogP contribution in [0.2, 0.25) is 0 Å². The standard InChI is InChI=1S/C16H14BrN5/c1-11-4-2-3-5-14(11)20-16-21-15(10-18-22-16)19-13-8-6-12(17)7-9-13/h2-10H,1H3,(H2,19,20,21,22). The first kappa shape index (κ1) is 14.5. The molecule has 0 aliphatic rings. The van der Waals surface area contributed by atoms with Crippen molar-refractivity contribution >= 4 is 39.1 Å². The molecule has 0 saturated carbocycles. The Bertz CT molecular complexity index is 773. The van der Waals surface area contributed by atoms with Crippen LogP contribution in [0.4, 0.5) is 23.1 Å². The molecule has 110 valence electrons. The van der Waals surface area contributed by atoms with Gasteiger partial charge in [0, 0.05) is 15.8 Å². The van der Waals surface area contributed by atoms with Gasteiger partial charge in [-0.15, -0.1) is 5.10 Å².